The lowest BCUT2D eigenvalue weighted by molar-refractivity contribution is -0.118. The third kappa shape index (κ3) is 5.05. The molecule has 1 amide bonds. The van der Waals surface area contributed by atoms with Crippen LogP contribution in [0.3, 0.4) is 0 Å². The third-order valence-electron chi connectivity index (χ3n) is 4.28. The minimum atomic E-state index is -0.376. The number of aromatic nitrogens is 1. The summed E-state index contributed by atoms with van der Waals surface area (Å²) in [5, 5.41) is 6.39. The molecule has 1 aromatic carbocycles. The van der Waals surface area contributed by atoms with Crippen LogP contribution in [0.1, 0.15) is 45.0 Å². The molecule has 0 aliphatic rings. The van der Waals surface area contributed by atoms with Gasteiger partial charge in [0.15, 0.2) is 0 Å². The molecule has 2 atom stereocenters. The zero-order valence-corrected chi connectivity index (χ0v) is 16.2. The Morgan fingerprint density at radius 1 is 1.15 bits per heavy atom. The van der Waals surface area contributed by atoms with E-state index in [9.17, 15) is 4.79 Å². The molecular formula is C21H29N3O2. The molecule has 26 heavy (non-hydrogen) atoms. The Hall–Kier alpha value is -2.40. The molecule has 0 aliphatic heterocycles. The van der Waals surface area contributed by atoms with Crippen molar-refractivity contribution < 1.29 is 9.53 Å². The van der Waals surface area contributed by atoms with E-state index in [1.807, 2.05) is 57.2 Å². The standard InChI is InChI=1S/C21H29N3O2/c1-6-26-18-12-8-7-11-17(18)24-21(25)16(5)23-19(14(2)3)20-15(4)10-9-13-22-20/h7-14,16,19,23H,6H2,1-5H3,(H,24,25). The highest BCUT2D eigenvalue weighted by Crippen LogP contribution is 2.25. The van der Waals surface area contributed by atoms with E-state index in [1.165, 1.54) is 0 Å². The van der Waals surface area contributed by atoms with Gasteiger partial charge in [0.25, 0.3) is 0 Å². The van der Waals surface area contributed by atoms with Gasteiger partial charge in [0.2, 0.25) is 5.91 Å². The molecule has 0 radical (unpaired) electrons. The zero-order valence-electron chi connectivity index (χ0n) is 16.2. The van der Waals surface area contributed by atoms with Crippen LogP contribution in [0, 0.1) is 12.8 Å². The van der Waals surface area contributed by atoms with Gasteiger partial charge in [0.05, 0.1) is 30.1 Å². The average molecular weight is 355 g/mol. The lowest BCUT2D eigenvalue weighted by atomic mass is 9.96. The first kappa shape index (κ1) is 19.9. The molecule has 1 heterocycles. The lowest BCUT2D eigenvalue weighted by Gasteiger charge is -2.27. The number of rotatable bonds is 8. The van der Waals surface area contributed by atoms with Gasteiger partial charge in [-0.2, -0.15) is 0 Å². The summed E-state index contributed by atoms with van der Waals surface area (Å²) in [6.45, 7) is 10.6. The van der Waals surface area contributed by atoms with Crippen LogP contribution in [0.25, 0.3) is 0 Å². The number of ether oxygens (including phenoxy) is 1. The summed E-state index contributed by atoms with van der Waals surface area (Å²) in [5.74, 6) is 0.877. The predicted octanol–water partition coefficient (Wildman–Crippen LogP) is 4.10. The van der Waals surface area contributed by atoms with Gasteiger partial charge >= 0.3 is 0 Å². The summed E-state index contributed by atoms with van der Waals surface area (Å²) < 4.78 is 5.58. The van der Waals surface area contributed by atoms with Gasteiger partial charge in [-0.3, -0.25) is 15.1 Å². The number of hydrogen-bond acceptors (Lipinski definition) is 4. The fraction of sp³-hybridized carbons (Fsp3) is 0.429. The van der Waals surface area contributed by atoms with Crippen molar-refractivity contribution >= 4 is 11.6 Å². The number of hydrogen-bond donors (Lipinski definition) is 2. The maximum absolute atomic E-state index is 12.7. The van der Waals surface area contributed by atoms with E-state index in [0.29, 0.717) is 24.0 Å². The van der Waals surface area contributed by atoms with Crippen LogP contribution < -0.4 is 15.4 Å². The van der Waals surface area contributed by atoms with Crippen molar-refractivity contribution in [3.63, 3.8) is 0 Å². The van der Waals surface area contributed by atoms with Crippen molar-refractivity contribution in [2.75, 3.05) is 11.9 Å². The second kappa shape index (κ2) is 9.34. The van der Waals surface area contributed by atoms with Crippen LogP contribution in [0.2, 0.25) is 0 Å². The Balaban J connectivity index is 2.11. The number of aryl methyl sites for hydroxylation is 1. The first-order valence-corrected chi connectivity index (χ1v) is 9.14. The van der Waals surface area contributed by atoms with E-state index < -0.39 is 0 Å². The van der Waals surface area contributed by atoms with Gasteiger partial charge in [-0.1, -0.05) is 32.0 Å². The Morgan fingerprint density at radius 2 is 1.88 bits per heavy atom. The van der Waals surface area contributed by atoms with Gasteiger partial charge in [0.1, 0.15) is 5.75 Å². The van der Waals surface area contributed by atoms with E-state index in [2.05, 4.69) is 29.5 Å². The van der Waals surface area contributed by atoms with E-state index >= 15 is 0 Å². The van der Waals surface area contributed by atoms with Crippen LogP contribution in [0.5, 0.6) is 5.75 Å². The van der Waals surface area contributed by atoms with Crippen LogP contribution >= 0.6 is 0 Å². The second-order valence-corrected chi connectivity index (χ2v) is 6.73. The van der Waals surface area contributed by atoms with Crippen molar-refractivity contribution in [1.29, 1.82) is 0 Å². The molecule has 0 fully saturated rings. The number of anilines is 1. The Bertz CT molecular complexity index is 731. The monoisotopic (exact) mass is 355 g/mol. The Labute approximate surface area is 156 Å². The average Bonchev–Trinajstić information content (AvgIpc) is 2.62. The van der Waals surface area contributed by atoms with Gasteiger partial charge in [-0.05, 0) is 50.5 Å². The van der Waals surface area contributed by atoms with Crippen LogP contribution in [0.4, 0.5) is 5.69 Å². The SMILES string of the molecule is CCOc1ccccc1NC(=O)C(C)NC(c1ncccc1C)C(C)C. The molecule has 2 unspecified atom stereocenters. The third-order valence-corrected chi connectivity index (χ3v) is 4.28. The van der Waals surface area contributed by atoms with Crippen LogP contribution in [0.15, 0.2) is 42.6 Å². The molecule has 5 heteroatoms. The Kier molecular flexibility index (Phi) is 7.16. The molecule has 2 aromatic rings. The molecule has 0 aliphatic carbocycles. The maximum Gasteiger partial charge on any atom is 0.241 e. The predicted molar refractivity (Wildman–Crippen MR) is 105 cm³/mol. The van der Waals surface area contributed by atoms with Gasteiger partial charge in [-0.25, -0.2) is 0 Å². The molecule has 0 bridgehead atoms. The fourth-order valence-electron chi connectivity index (χ4n) is 2.85. The molecule has 0 saturated carbocycles. The highest BCUT2D eigenvalue weighted by atomic mass is 16.5. The van der Waals surface area contributed by atoms with Crippen molar-refractivity contribution in [2.24, 2.45) is 5.92 Å². The second-order valence-electron chi connectivity index (χ2n) is 6.73. The lowest BCUT2D eigenvalue weighted by Crippen LogP contribution is -2.42. The topological polar surface area (TPSA) is 63.2 Å². The van der Waals surface area contributed by atoms with Gasteiger partial charge in [0, 0.05) is 6.20 Å². The largest absolute Gasteiger partial charge is 0.492 e. The summed E-state index contributed by atoms with van der Waals surface area (Å²) in [6, 6.07) is 11.1. The highest BCUT2D eigenvalue weighted by molar-refractivity contribution is 5.95. The zero-order chi connectivity index (χ0) is 19.1. The fourth-order valence-corrected chi connectivity index (χ4v) is 2.85. The van der Waals surface area contributed by atoms with E-state index in [-0.39, 0.29) is 18.0 Å². The van der Waals surface area contributed by atoms with Crippen LogP contribution in [-0.4, -0.2) is 23.5 Å². The molecule has 5 nitrogen and oxygen atoms in total. The molecule has 2 N–H and O–H groups in total. The van der Waals surface area contributed by atoms with Crippen molar-refractivity contribution in [2.45, 2.75) is 46.7 Å². The Morgan fingerprint density at radius 3 is 2.54 bits per heavy atom. The molecular weight excluding hydrogens is 326 g/mol. The summed E-state index contributed by atoms with van der Waals surface area (Å²) in [5.41, 5.74) is 2.79. The van der Waals surface area contributed by atoms with Crippen molar-refractivity contribution in [1.82, 2.24) is 10.3 Å². The molecule has 0 saturated heterocycles. The molecule has 2 rings (SSSR count). The van der Waals surface area contributed by atoms with Crippen molar-refractivity contribution in [3.05, 3.63) is 53.9 Å². The minimum absolute atomic E-state index is 0.000847. The summed E-state index contributed by atoms with van der Waals surface area (Å²) >= 11 is 0. The number of amides is 1. The number of benzene rings is 1. The summed E-state index contributed by atoms with van der Waals surface area (Å²) in [7, 11) is 0. The summed E-state index contributed by atoms with van der Waals surface area (Å²) in [4.78, 5) is 17.2. The normalized spacial score (nSPS) is 13.3. The number of para-hydroxylation sites is 2. The van der Waals surface area contributed by atoms with Gasteiger partial charge < -0.3 is 10.1 Å². The quantitative estimate of drug-likeness (QED) is 0.748. The number of carbonyl (C=O) groups is 1. The minimum Gasteiger partial charge on any atom is -0.492 e. The number of carbonyl (C=O) groups excluding carboxylic acids is 1. The number of nitrogens with zero attached hydrogens (tertiary/aromatic N) is 1. The number of nitrogens with one attached hydrogen (secondary N) is 2. The molecule has 1 aromatic heterocycles. The van der Waals surface area contributed by atoms with Crippen molar-refractivity contribution in [3.8, 4) is 5.75 Å². The van der Waals surface area contributed by atoms with E-state index in [0.717, 1.165) is 11.3 Å². The summed E-state index contributed by atoms with van der Waals surface area (Å²) in [6.07, 6.45) is 1.79. The van der Waals surface area contributed by atoms with Crippen LogP contribution in [-0.2, 0) is 4.79 Å². The highest BCUT2D eigenvalue weighted by Gasteiger charge is 2.24. The maximum atomic E-state index is 12.7. The first-order valence-electron chi connectivity index (χ1n) is 9.14. The molecule has 140 valence electrons. The smallest absolute Gasteiger partial charge is 0.241 e. The van der Waals surface area contributed by atoms with E-state index in [1.54, 1.807) is 6.20 Å². The first-order chi connectivity index (χ1) is 12.4. The van der Waals surface area contributed by atoms with Gasteiger partial charge in [-0.15, -0.1) is 0 Å². The molecule has 0 spiro atoms. The number of pyridine rings is 1. The van der Waals surface area contributed by atoms with E-state index in [4.69, 9.17) is 4.74 Å².